The van der Waals surface area contributed by atoms with Gasteiger partial charge in [-0.25, -0.2) is 4.98 Å². The summed E-state index contributed by atoms with van der Waals surface area (Å²) in [6.07, 6.45) is 2.83. The molecule has 0 unspecified atom stereocenters. The van der Waals surface area contributed by atoms with Gasteiger partial charge in [-0.15, -0.1) is 0 Å². The van der Waals surface area contributed by atoms with Gasteiger partial charge in [-0.2, -0.15) is 16.9 Å². The molecule has 0 bridgehead atoms. The standard InChI is InChI=1S/C14H17ClN4OS/c1-9(20)16-12(7-8-21-2)14-17-13(18-19-14)10-3-5-11(15)6-4-10/h3-6,12H,7-8H2,1-2H3,(H,16,20)(H,17,18,19)/t12-/m0/s1. The number of carbonyl (C=O) groups excluding carboxylic acids is 1. The van der Waals surface area contributed by atoms with E-state index in [1.165, 1.54) is 6.92 Å². The van der Waals surface area contributed by atoms with Gasteiger partial charge >= 0.3 is 0 Å². The van der Waals surface area contributed by atoms with E-state index >= 15 is 0 Å². The van der Waals surface area contributed by atoms with Gasteiger partial charge in [0.25, 0.3) is 0 Å². The first kappa shape index (κ1) is 15.9. The zero-order chi connectivity index (χ0) is 15.2. The molecule has 112 valence electrons. The molecular formula is C14H17ClN4OS. The monoisotopic (exact) mass is 324 g/mol. The van der Waals surface area contributed by atoms with Crippen molar-refractivity contribution in [1.82, 2.24) is 20.5 Å². The maximum absolute atomic E-state index is 11.3. The second-order valence-electron chi connectivity index (χ2n) is 4.59. The summed E-state index contributed by atoms with van der Waals surface area (Å²) in [4.78, 5) is 15.8. The first-order valence-electron chi connectivity index (χ1n) is 6.54. The number of carbonyl (C=O) groups is 1. The van der Waals surface area contributed by atoms with Crippen LogP contribution in [0.4, 0.5) is 0 Å². The van der Waals surface area contributed by atoms with Crippen molar-refractivity contribution in [2.45, 2.75) is 19.4 Å². The summed E-state index contributed by atoms with van der Waals surface area (Å²) in [6.45, 7) is 1.50. The lowest BCUT2D eigenvalue weighted by Crippen LogP contribution is -2.27. The SMILES string of the molecule is CSCC[C@H](NC(C)=O)c1nc(-c2ccc(Cl)cc2)n[nH]1. The Morgan fingerprint density at radius 3 is 2.76 bits per heavy atom. The van der Waals surface area contributed by atoms with Crippen LogP contribution in [0, 0.1) is 0 Å². The molecule has 1 aromatic heterocycles. The largest absolute Gasteiger partial charge is 0.346 e. The Hall–Kier alpha value is -1.53. The number of benzene rings is 1. The predicted molar refractivity (Wildman–Crippen MR) is 86.4 cm³/mol. The molecule has 0 fully saturated rings. The van der Waals surface area contributed by atoms with Crippen LogP contribution in [0.2, 0.25) is 5.02 Å². The summed E-state index contributed by atoms with van der Waals surface area (Å²) in [5.74, 6) is 2.12. The molecule has 0 aliphatic carbocycles. The van der Waals surface area contributed by atoms with Crippen LogP contribution < -0.4 is 5.32 Å². The Labute approximate surface area is 132 Å². The molecule has 21 heavy (non-hydrogen) atoms. The van der Waals surface area contributed by atoms with Crippen LogP contribution in [0.1, 0.15) is 25.2 Å². The van der Waals surface area contributed by atoms with E-state index in [0.717, 1.165) is 17.7 Å². The highest BCUT2D eigenvalue weighted by Crippen LogP contribution is 2.21. The van der Waals surface area contributed by atoms with Crippen LogP contribution >= 0.6 is 23.4 Å². The smallest absolute Gasteiger partial charge is 0.217 e. The van der Waals surface area contributed by atoms with Crippen molar-refractivity contribution in [1.29, 1.82) is 0 Å². The maximum Gasteiger partial charge on any atom is 0.217 e. The number of halogens is 1. The number of hydrogen-bond acceptors (Lipinski definition) is 4. The van der Waals surface area contributed by atoms with Gasteiger partial charge in [-0.05, 0) is 42.7 Å². The first-order chi connectivity index (χ1) is 10.1. The number of hydrogen-bond donors (Lipinski definition) is 2. The van der Waals surface area contributed by atoms with Gasteiger partial charge in [-0.3, -0.25) is 9.89 Å². The predicted octanol–water partition coefficient (Wildman–Crippen LogP) is 3.06. The third kappa shape index (κ3) is 4.47. The molecule has 0 spiro atoms. The first-order valence-corrected chi connectivity index (χ1v) is 8.31. The number of nitrogens with zero attached hydrogens (tertiary/aromatic N) is 2. The molecule has 0 radical (unpaired) electrons. The number of H-pyrrole nitrogens is 1. The molecule has 1 aromatic carbocycles. The topological polar surface area (TPSA) is 70.7 Å². The van der Waals surface area contributed by atoms with Gasteiger partial charge < -0.3 is 5.32 Å². The maximum atomic E-state index is 11.3. The molecule has 7 heteroatoms. The van der Waals surface area contributed by atoms with Crippen molar-refractivity contribution in [3.63, 3.8) is 0 Å². The number of amides is 1. The fraction of sp³-hybridized carbons (Fsp3) is 0.357. The molecule has 2 rings (SSSR count). The minimum absolute atomic E-state index is 0.0782. The van der Waals surface area contributed by atoms with Gasteiger partial charge in [0.05, 0.1) is 6.04 Å². The van der Waals surface area contributed by atoms with Gasteiger partial charge in [0.2, 0.25) is 5.91 Å². The molecule has 0 aliphatic heterocycles. The minimum Gasteiger partial charge on any atom is -0.346 e. The highest BCUT2D eigenvalue weighted by atomic mass is 35.5. The van der Waals surface area contributed by atoms with Crippen molar-refractivity contribution in [2.24, 2.45) is 0 Å². The lowest BCUT2D eigenvalue weighted by molar-refractivity contribution is -0.119. The van der Waals surface area contributed by atoms with Crippen molar-refractivity contribution in [3.8, 4) is 11.4 Å². The average molecular weight is 325 g/mol. The van der Waals surface area contributed by atoms with Gasteiger partial charge in [-0.1, -0.05) is 11.6 Å². The highest BCUT2D eigenvalue weighted by Gasteiger charge is 2.17. The van der Waals surface area contributed by atoms with E-state index in [0.29, 0.717) is 16.7 Å². The number of rotatable bonds is 6. The Kier molecular flexibility index (Phi) is 5.64. The summed E-state index contributed by atoms with van der Waals surface area (Å²) < 4.78 is 0. The van der Waals surface area contributed by atoms with Crippen molar-refractivity contribution in [2.75, 3.05) is 12.0 Å². The summed E-state index contributed by atoms with van der Waals surface area (Å²) in [6, 6.07) is 7.18. The number of thioether (sulfide) groups is 1. The average Bonchev–Trinajstić information content (AvgIpc) is 2.93. The lowest BCUT2D eigenvalue weighted by atomic mass is 10.2. The van der Waals surface area contributed by atoms with Crippen LogP contribution in [-0.2, 0) is 4.79 Å². The molecule has 0 saturated heterocycles. The highest BCUT2D eigenvalue weighted by molar-refractivity contribution is 7.98. The van der Waals surface area contributed by atoms with Gasteiger partial charge in [0, 0.05) is 17.5 Å². The second kappa shape index (κ2) is 7.47. The zero-order valence-corrected chi connectivity index (χ0v) is 13.5. The van der Waals surface area contributed by atoms with E-state index in [9.17, 15) is 4.79 Å². The van der Waals surface area contributed by atoms with E-state index in [4.69, 9.17) is 11.6 Å². The molecule has 1 amide bonds. The molecule has 5 nitrogen and oxygen atoms in total. The molecule has 1 atom stereocenters. The Bertz CT molecular complexity index is 599. The van der Waals surface area contributed by atoms with Crippen LogP contribution in [0.3, 0.4) is 0 Å². The zero-order valence-electron chi connectivity index (χ0n) is 11.9. The van der Waals surface area contributed by atoms with E-state index in [-0.39, 0.29) is 11.9 Å². The van der Waals surface area contributed by atoms with Gasteiger partial charge in [0.1, 0.15) is 5.82 Å². The molecule has 2 aromatic rings. The normalized spacial score (nSPS) is 12.1. The Balaban J connectivity index is 2.18. The van der Waals surface area contributed by atoms with E-state index in [1.807, 2.05) is 18.4 Å². The fourth-order valence-corrected chi connectivity index (χ4v) is 2.51. The van der Waals surface area contributed by atoms with E-state index < -0.39 is 0 Å². The molecular weight excluding hydrogens is 308 g/mol. The summed E-state index contributed by atoms with van der Waals surface area (Å²) in [5.41, 5.74) is 0.883. The summed E-state index contributed by atoms with van der Waals surface area (Å²) in [5, 5.41) is 10.7. The van der Waals surface area contributed by atoms with Crippen molar-refractivity contribution < 1.29 is 4.79 Å². The Morgan fingerprint density at radius 1 is 1.43 bits per heavy atom. The number of nitrogens with one attached hydrogen (secondary N) is 2. The number of aromatic nitrogens is 3. The minimum atomic E-state index is -0.150. The number of aromatic amines is 1. The van der Waals surface area contributed by atoms with Crippen molar-refractivity contribution in [3.05, 3.63) is 35.1 Å². The third-order valence-corrected chi connectivity index (χ3v) is 3.82. The molecule has 0 saturated carbocycles. The van der Waals surface area contributed by atoms with Crippen LogP contribution in [0.15, 0.2) is 24.3 Å². The summed E-state index contributed by atoms with van der Waals surface area (Å²) >= 11 is 7.60. The second-order valence-corrected chi connectivity index (χ2v) is 6.01. The summed E-state index contributed by atoms with van der Waals surface area (Å²) in [7, 11) is 0. The van der Waals surface area contributed by atoms with Gasteiger partial charge in [0.15, 0.2) is 5.82 Å². The quantitative estimate of drug-likeness (QED) is 0.856. The third-order valence-electron chi connectivity index (χ3n) is 2.92. The van der Waals surface area contributed by atoms with Crippen LogP contribution in [0.25, 0.3) is 11.4 Å². The van der Waals surface area contributed by atoms with E-state index in [1.54, 1.807) is 23.9 Å². The molecule has 0 aliphatic rings. The lowest BCUT2D eigenvalue weighted by Gasteiger charge is -2.14. The fourth-order valence-electron chi connectivity index (χ4n) is 1.92. The van der Waals surface area contributed by atoms with Crippen LogP contribution in [-0.4, -0.2) is 33.1 Å². The molecule has 1 heterocycles. The van der Waals surface area contributed by atoms with Crippen molar-refractivity contribution >= 4 is 29.3 Å². The van der Waals surface area contributed by atoms with E-state index in [2.05, 4.69) is 20.5 Å². The Morgan fingerprint density at radius 2 is 2.14 bits per heavy atom. The van der Waals surface area contributed by atoms with Crippen LogP contribution in [0.5, 0.6) is 0 Å². The molecule has 2 N–H and O–H groups in total.